The molecule has 2 amide bonds. The highest BCUT2D eigenvalue weighted by Gasteiger charge is 2.29. The van der Waals surface area contributed by atoms with Gasteiger partial charge in [-0.2, -0.15) is 0 Å². The number of hydrogen-bond acceptors (Lipinski definition) is 3. The van der Waals surface area contributed by atoms with Gasteiger partial charge >= 0.3 is 6.03 Å². The maximum Gasteiger partial charge on any atom is 0.329 e. The van der Waals surface area contributed by atoms with Gasteiger partial charge in [0.1, 0.15) is 0 Å². The van der Waals surface area contributed by atoms with Crippen molar-refractivity contribution in [3.05, 3.63) is 59.7 Å². The number of fused-ring (bicyclic) bond motifs is 2. The van der Waals surface area contributed by atoms with Gasteiger partial charge in [-0.15, -0.1) is 12.4 Å². The van der Waals surface area contributed by atoms with Crippen LogP contribution in [-0.2, 0) is 0 Å². The van der Waals surface area contributed by atoms with Crippen molar-refractivity contribution < 1.29 is 9.90 Å². The average Bonchev–Trinajstić information content (AvgIpc) is 2.85. The Hall–Kier alpha value is -2.34. The number of hydrogen-bond donors (Lipinski definition) is 1. The summed E-state index contributed by atoms with van der Waals surface area (Å²) in [5, 5.41) is 9.11. The van der Waals surface area contributed by atoms with E-state index in [1.54, 1.807) is 0 Å². The fraction of sp³-hybridized carbons (Fsp3) is 0.286. The van der Waals surface area contributed by atoms with Crippen molar-refractivity contribution in [3.63, 3.8) is 0 Å². The Kier molecular flexibility index (Phi) is 6.16. The molecule has 1 fully saturated rings. The summed E-state index contributed by atoms with van der Waals surface area (Å²) in [4.78, 5) is 19.4. The molecule has 2 aliphatic heterocycles. The first-order valence-electron chi connectivity index (χ1n) is 9.06. The van der Waals surface area contributed by atoms with Crippen molar-refractivity contribution in [2.75, 3.05) is 44.2 Å². The smallest absolute Gasteiger partial charge is 0.329 e. The summed E-state index contributed by atoms with van der Waals surface area (Å²) >= 11 is 0. The Morgan fingerprint density at radius 3 is 1.89 bits per heavy atom. The molecule has 0 unspecified atom stereocenters. The number of para-hydroxylation sites is 2. The Bertz CT molecular complexity index is 782. The molecule has 27 heavy (non-hydrogen) atoms. The summed E-state index contributed by atoms with van der Waals surface area (Å²) in [6, 6.07) is 16.0. The average molecular weight is 386 g/mol. The second kappa shape index (κ2) is 8.57. The molecule has 2 aromatic carbocycles. The summed E-state index contributed by atoms with van der Waals surface area (Å²) < 4.78 is 0. The Balaban J connectivity index is 0.00000210. The number of benzene rings is 2. The number of amides is 2. The van der Waals surface area contributed by atoms with Crippen LogP contribution in [0.1, 0.15) is 11.1 Å². The van der Waals surface area contributed by atoms with Crippen LogP contribution in [0.15, 0.2) is 48.5 Å². The van der Waals surface area contributed by atoms with E-state index in [4.69, 9.17) is 5.11 Å². The van der Waals surface area contributed by atoms with Crippen LogP contribution in [0.4, 0.5) is 16.2 Å². The molecule has 0 radical (unpaired) electrons. The number of carbonyl (C=O) groups excluding carboxylic acids is 1. The second-order valence-electron chi connectivity index (χ2n) is 6.62. The maximum absolute atomic E-state index is 13.5. The molecule has 0 aromatic heterocycles. The molecule has 0 saturated carbocycles. The summed E-state index contributed by atoms with van der Waals surface area (Å²) in [7, 11) is 0. The molecular formula is C21H24ClN3O2. The van der Waals surface area contributed by atoms with Gasteiger partial charge in [-0.25, -0.2) is 4.79 Å². The first kappa shape index (κ1) is 19.4. The van der Waals surface area contributed by atoms with Gasteiger partial charge in [-0.1, -0.05) is 48.6 Å². The predicted molar refractivity (Wildman–Crippen MR) is 112 cm³/mol. The number of carbonyl (C=O) groups is 1. The summed E-state index contributed by atoms with van der Waals surface area (Å²) in [5.74, 6) is 0. The number of anilines is 2. The molecule has 2 aromatic rings. The maximum atomic E-state index is 13.5. The van der Waals surface area contributed by atoms with Gasteiger partial charge in [0.15, 0.2) is 0 Å². The highest BCUT2D eigenvalue weighted by Crippen LogP contribution is 2.37. The van der Waals surface area contributed by atoms with E-state index in [0.717, 1.165) is 35.6 Å². The van der Waals surface area contributed by atoms with Gasteiger partial charge in [-0.3, -0.25) is 9.80 Å². The fourth-order valence-electron chi connectivity index (χ4n) is 3.63. The van der Waals surface area contributed by atoms with Crippen molar-refractivity contribution in [1.29, 1.82) is 0 Å². The van der Waals surface area contributed by atoms with Crippen molar-refractivity contribution in [2.45, 2.75) is 0 Å². The highest BCUT2D eigenvalue weighted by molar-refractivity contribution is 6.05. The minimum Gasteiger partial charge on any atom is -0.395 e. The van der Waals surface area contributed by atoms with Crippen LogP contribution >= 0.6 is 12.4 Å². The first-order valence-corrected chi connectivity index (χ1v) is 9.06. The molecule has 0 atom stereocenters. The lowest BCUT2D eigenvalue weighted by atomic mass is 10.1. The molecule has 1 N–H and O–H groups in total. The number of halogens is 1. The molecule has 2 aliphatic rings. The van der Waals surface area contributed by atoms with E-state index in [2.05, 4.69) is 17.1 Å². The number of nitrogens with zero attached hydrogens (tertiary/aromatic N) is 3. The molecule has 4 rings (SSSR count). The van der Waals surface area contributed by atoms with Gasteiger partial charge in [0, 0.05) is 32.7 Å². The zero-order valence-corrected chi connectivity index (χ0v) is 15.9. The zero-order valence-electron chi connectivity index (χ0n) is 15.1. The monoisotopic (exact) mass is 385 g/mol. The molecule has 0 aliphatic carbocycles. The quantitative estimate of drug-likeness (QED) is 0.861. The Labute approximate surface area is 165 Å². The van der Waals surface area contributed by atoms with Crippen molar-refractivity contribution in [2.24, 2.45) is 0 Å². The van der Waals surface area contributed by atoms with Gasteiger partial charge in [0.05, 0.1) is 18.0 Å². The van der Waals surface area contributed by atoms with E-state index in [1.807, 2.05) is 58.3 Å². The molecule has 0 bridgehead atoms. The third-order valence-corrected chi connectivity index (χ3v) is 5.05. The number of rotatable bonds is 2. The third kappa shape index (κ3) is 3.86. The van der Waals surface area contributed by atoms with Gasteiger partial charge in [-0.05, 0) is 23.3 Å². The normalized spacial score (nSPS) is 16.2. The third-order valence-electron chi connectivity index (χ3n) is 5.05. The van der Waals surface area contributed by atoms with Crippen LogP contribution in [0.25, 0.3) is 12.2 Å². The molecule has 6 heteroatoms. The van der Waals surface area contributed by atoms with E-state index < -0.39 is 0 Å². The van der Waals surface area contributed by atoms with Crippen molar-refractivity contribution >= 4 is 42.0 Å². The van der Waals surface area contributed by atoms with E-state index >= 15 is 0 Å². The lowest BCUT2D eigenvalue weighted by molar-refractivity contribution is 0.126. The highest BCUT2D eigenvalue weighted by atomic mass is 35.5. The van der Waals surface area contributed by atoms with Crippen LogP contribution in [0, 0.1) is 0 Å². The van der Waals surface area contributed by atoms with E-state index in [-0.39, 0.29) is 25.0 Å². The van der Waals surface area contributed by atoms with Gasteiger partial charge in [0.25, 0.3) is 0 Å². The van der Waals surface area contributed by atoms with E-state index in [1.165, 1.54) is 0 Å². The van der Waals surface area contributed by atoms with Crippen LogP contribution in [0.5, 0.6) is 0 Å². The number of β-amino-alcohol motifs (C(OH)–C–C–N with tert-alkyl or cyclic N) is 1. The molecule has 0 spiro atoms. The molecule has 2 heterocycles. The number of aliphatic hydroxyl groups excluding tert-OH is 1. The number of piperazine rings is 1. The lowest BCUT2D eigenvalue weighted by Gasteiger charge is -2.37. The molecule has 142 valence electrons. The first-order chi connectivity index (χ1) is 12.8. The molecule has 1 saturated heterocycles. The SMILES string of the molecule is Cl.O=C(N1CCN(CCO)CC1)N1c2ccccc2C=Cc2ccccc21. The van der Waals surface area contributed by atoms with Crippen LogP contribution < -0.4 is 4.90 Å². The largest absolute Gasteiger partial charge is 0.395 e. The Morgan fingerprint density at radius 2 is 1.37 bits per heavy atom. The number of aliphatic hydroxyl groups is 1. The van der Waals surface area contributed by atoms with Gasteiger partial charge < -0.3 is 10.0 Å². The van der Waals surface area contributed by atoms with E-state index in [0.29, 0.717) is 19.6 Å². The standard InChI is InChI=1S/C21H23N3O2.ClH/c25-16-15-22-11-13-23(14-12-22)21(26)24-19-7-3-1-5-17(19)9-10-18-6-2-4-8-20(18)24;/h1-10,25H,11-16H2;1H. The summed E-state index contributed by atoms with van der Waals surface area (Å²) in [6.07, 6.45) is 4.14. The minimum absolute atomic E-state index is 0. The Morgan fingerprint density at radius 1 is 0.852 bits per heavy atom. The minimum atomic E-state index is 0. The van der Waals surface area contributed by atoms with Crippen molar-refractivity contribution in [1.82, 2.24) is 9.80 Å². The molecule has 5 nitrogen and oxygen atoms in total. The van der Waals surface area contributed by atoms with Crippen molar-refractivity contribution in [3.8, 4) is 0 Å². The zero-order chi connectivity index (χ0) is 17.9. The van der Waals surface area contributed by atoms with E-state index in [9.17, 15) is 4.79 Å². The predicted octanol–water partition coefficient (Wildman–Crippen LogP) is 3.46. The van der Waals surface area contributed by atoms with Crippen LogP contribution in [0.3, 0.4) is 0 Å². The van der Waals surface area contributed by atoms with Crippen LogP contribution in [-0.4, -0.2) is 60.3 Å². The lowest BCUT2D eigenvalue weighted by Crippen LogP contribution is -2.52. The van der Waals surface area contributed by atoms with Gasteiger partial charge in [0.2, 0.25) is 0 Å². The fourth-order valence-corrected chi connectivity index (χ4v) is 3.63. The van der Waals surface area contributed by atoms with Crippen LogP contribution in [0.2, 0.25) is 0 Å². The molecular weight excluding hydrogens is 362 g/mol. The number of urea groups is 1. The summed E-state index contributed by atoms with van der Waals surface area (Å²) in [5.41, 5.74) is 3.90. The topological polar surface area (TPSA) is 47.0 Å². The summed E-state index contributed by atoms with van der Waals surface area (Å²) in [6.45, 7) is 3.76. The second-order valence-corrected chi connectivity index (χ2v) is 6.62.